The van der Waals surface area contributed by atoms with Crippen LogP contribution in [-0.2, 0) is 10.8 Å². The molecular formula is C23H25LiN2. The Morgan fingerprint density at radius 3 is 2.19 bits per heavy atom. The minimum Gasteiger partial charge on any atom is -0.340 e. The van der Waals surface area contributed by atoms with Crippen molar-refractivity contribution in [1.82, 2.24) is 9.38 Å². The van der Waals surface area contributed by atoms with Crippen LogP contribution < -0.4 is 18.9 Å². The van der Waals surface area contributed by atoms with Crippen molar-refractivity contribution in [2.45, 2.75) is 52.4 Å². The third kappa shape index (κ3) is 2.96. The number of fused-ring (bicyclic) bond motifs is 6. The molecule has 0 aliphatic rings. The number of benzene rings is 2. The maximum Gasteiger partial charge on any atom is 1.00 e. The molecular weight excluding hydrogens is 311 g/mol. The van der Waals surface area contributed by atoms with Gasteiger partial charge in [0.15, 0.2) is 0 Å². The Bertz CT molecular complexity index is 1020. The van der Waals surface area contributed by atoms with E-state index >= 15 is 0 Å². The summed E-state index contributed by atoms with van der Waals surface area (Å²) in [5.41, 5.74) is 5.05. The number of imidazole rings is 1. The Morgan fingerprint density at radius 2 is 1.54 bits per heavy atom. The fourth-order valence-corrected chi connectivity index (χ4v) is 3.44. The summed E-state index contributed by atoms with van der Waals surface area (Å²) in [6, 6.07) is 14.8. The van der Waals surface area contributed by atoms with Crippen LogP contribution in [0.4, 0.5) is 0 Å². The van der Waals surface area contributed by atoms with Crippen molar-refractivity contribution < 1.29 is 18.9 Å². The average molecular weight is 336 g/mol. The van der Waals surface area contributed by atoms with Gasteiger partial charge in [0.2, 0.25) is 0 Å². The summed E-state index contributed by atoms with van der Waals surface area (Å²) < 4.78 is 2.18. The van der Waals surface area contributed by atoms with Crippen LogP contribution in [0.15, 0.2) is 42.7 Å². The Labute approximate surface area is 167 Å². The van der Waals surface area contributed by atoms with E-state index in [9.17, 15) is 0 Å². The van der Waals surface area contributed by atoms with Gasteiger partial charge in [-0.1, -0.05) is 59.1 Å². The Hall–Kier alpha value is -1.75. The molecule has 0 radical (unpaired) electrons. The van der Waals surface area contributed by atoms with Gasteiger partial charge >= 0.3 is 18.9 Å². The predicted molar refractivity (Wildman–Crippen MR) is 106 cm³/mol. The summed E-state index contributed by atoms with van der Waals surface area (Å²) in [6.45, 7) is 13.5. The van der Waals surface area contributed by atoms with E-state index < -0.39 is 0 Å². The van der Waals surface area contributed by atoms with E-state index in [2.05, 4.69) is 87.3 Å². The standard InChI is InChI=1S/C23H25N2.Li/c1-22(2,3)15-7-9-17-18(13-15)19-14-16(23(4,5)6)8-10-20(19)25-12-11-24-21(17)25;/h7-8,10-14H,1-6H3;/q-1;+1. The molecule has 2 heterocycles. The fraction of sp³-hybridized carbons (Fsp3) is 0.348. The van der Waals surface area contributed by atoms with Crippen LogP contribution in [0, 0.1) is 6.07 Å². The van der Waals surface area contributed by atoms with E-state index in [1.165, 1.54) is 27.4 Å². The fourth-order valence-electron chi connectivity index (χ4n) is 3.44. The summed E-state index contributed by atoms with van der Waals surface area (Å²) >= 11 is 0. The molecule has 0 unspecified atom stereocenters. The molecule has 128 valence electrons. The van der Waals surface area contributed by atoms with Gasteiger partial charge in [0, 0.05) is 17.9 Å². The van der Waals surface area contributed by atoms with Crippen molar-refractivity contribution >= 4 is 27.3 Å². The number of pyridine rings is 1. The molecule has 0 saturated heterocycles. The van der Waals surface area contributed by atoms with Gasteiger partial charge in [-0.05, 0) is 27.8 Å². The Balaban J connectivity index is 0.00000196. The van der Waals surface area contributed by atoms with Crippen LogP contribution in [0.2, 0.25) is 0 Å². The molecule has 4 rings (SSSR count). The number of rotatable bonds is 0. The summed E-state index contributed by atoms with van der Waals surface area (Å²) in [7, 11) is 0. The molecule has 0 aliphatic carbocycles. The van der Waals surface area contributed by atoms with Crippen LogP contribution >= 0.6 is 0 Å². The van der Waals surface area contributed by atoms with Crippen LogP contribution in [-0.4, -0.2) is 9.38 Å². The van der Waals surface area contributed by atoms with Crippen molar-refractivity contribution in [2.75, 3.05) is 0 Å². The number of nitrogens with zero attached hydrogens (tertiary/aromatic N) is 2. The maximum atomic E-state index is 4.59. The maximum absolute atomic E-state index is 4.59. The van der Waals surface area contributed by atoms with Gasteiger partial charge in [0.05, 0.1) is 5.65 Å². The summed E-state index contributed by atoms with van der Waals surface area (Å²) in [4.78, 5) is 4.59. The minimum absolute atomic E-state index is 0. The van der Waals surface area contributed by atoms with Crippen molar-refractivity contribution in [3.63, 3.8) is 0 Å². The second kappa shape index (κ2) is 6.15. The molecule has 4 aromatic rings. The minimum atomic E-state index is 0. The second-order valence-electron chi connectivity index (χ2n) is 9.03. The first-order valence-corrected chi connectivity index (χ1v) is 8.91. The first kappa shape index (κ1) is 19.0. The van der Waals surface area contributed by atoms with Gasteiger partial charge in [0.25, 0.3) is 0 Å². The second-order valence-corrected chi connectivity index (χ2v) is 9.03. The normalized spacial score (nSPS) is 12.7. The zero-order chi connectivity index (χ0) is 18.0. The molecule has 2 aromatic carbocycles. The topological polar surface area (TPSA) is 17.3 Å². The van der Waals surface area contributed by atoms with Crippen LogP contribution in [0.25, 0.3) is 27.3 Å². The zero-order valence-corrected chi connectivity index (χ0v) is 16.9. The van der Waals surface area contributed by atoms with Crippen molar-refractivity contribution in [3.05, 3.63) is 59.9 Å². The monoisotopic (exact) mass is 336 g/mol. The molecule has 26 heavy (non-hydrogen) atoms. The van der Waals surface area contributed by atoms with Crippen LogP contribution in [0.3, 0.4) is 0 Å². The predicted octanol–water partition coefficient (Wildman–Crippen LogP) is 3.04. The summed E-state index contributed by atoms with van der Waals surface area (Å²) in [5, 5.41) is 3.61. The Morgan fingerprint density at radius 1 is 0.885 bits per heavy atom. The molecule has 0 fully saturated rings. The van der Waals surface area contributed by atoms with Crippen molar-refractivity contribution in [1.29, 1.82) is 0 Å². The largest absolute Gasteiger partial charge is 1.00 e. The first-order chi connectivity index (χ1) is 11.7. The van der Waals surface area contributed by atoms with E-state index in [0.717, 1.165) is 11.0 Å². The average Bonchev–Trinajstić information content (AvgIpc) is 3.02. The molecule has 0 saturated carbocycles. The molecule has 3 heteroatoms. The van der Waals surface area contributed by atoms with Gasteiger partial charge in [-0.3, -0.25) is 4.98 Å². The van der Waals surface area contributed by atoms with E-state index in [4.69, 9.17) is 0 Å². The van der Waals surface area contributed by atoms with Crippen LogP contribution in [0.1, 0.15) is 52.7 Å². The van der Waals surface area contributed by atoms with E-state index in [0.29, 0.717) is 0 Å². The molecule has 0 amide bonds. The molecule has 2 aromatic heterocycles. The van der Waals surface area contributed by atoms with Crippen molar-refractivity contribution in [3.8, 4) is 0 Å². The van der Waals surface area contributed by atoms with E-state index in [1.807, 2.05) is 12.4 Å². The van der Waals surface area contributed by atoms with Crippen molar-refractivity contribution in [2.24, 2.45) is 0 Å². The van der Waals surface area contributed by atoms with Gasteiger partial charge in [-0.2, -0.15) is 0 Å². The van der Waals surface area contributed by atoms with E-state index in [1.54, 1.807) is 0 Å². The number of hydrogen-bond donors (Lipinski definition) is 0. The molecule has 2 nitrogen and oxygen atoms in total. The first-order valence-electron chi connectivity index (χ1n) is 8.91. The molecule has 0 N–H and O–H groups in total. The van der Waals surface area contributed by atoms with Gasteiger partial charge < -0.3 is 4.40 Å². The molecule has 0 aliphatic heterocycles. The van der Waals surface area contributed by atoms with Gasteiger partial charge in [-0.25, -0.2) is 0 Å². The van der Waals surface area contributed by atoms with Gasteiger partial charge in [0.1, 0.15) is 0 Å². The number of hydrogen-bond acceptors (Lipinski definition) is 1. The molecule has 0 bridgehead atoms. The zero-order valence-electron chi connectivity index (χ0n) is 16.9. The van der Waals surface area contributed by atoms with Crippen LogP contribution in [0.5, 0.6) is 0 Å². The third-order valence-electron chi connectivity index (χ3n) is 5.08. The molecule has 0 spiro atoms. The third-order valence-corrected chi connectivity index (χ3v) is 5.08. The SMILES string of the molecule is CC(C)(C)c1c[c-]c2c(c1)c1cc(C(C)(C)C)ccc1n1ccnc21.[Li+]. The quantitative estimate of drug-likeness (QED) is 0.274. The number of aromatic nitrogens is 2. The smallest absolute Gasteiger partial charge is 0.340 e. The molecule has 0 atom stereocenters. The van der Waals surface area contributed by atoms with E-state index in [-0.39, 0.29) is 29.7 Å². The summed E-state index contributed by atoms with van der Waals surface area (Å²) in [6.07, 6.45) is 3.91. The van der Waals surface area contributed by atoms with Gasteiger partial charge in [-0.15, -0.1) is 29.1 Å². The Kier molecular flexibility index (Phi) is 4.50. The summed E-state index contributed by atoms with van der Waals surface area (Å²) in [5.74, 6) is 0.